The number of methoxy groups -OCH3 is 1. The normalized spacial score (nSPS) is 10.5. The Hall–Kier alpha value is -1.53. The second kappa shape index (κ2) is 9.41. The molecule has 0 bridgehead atoms. The van der Waals surface area contributed by atoms with Crippen molar-refractivity contribution in [2.45, 2.75) is 24.7 Å². The number of ether oxygens (including phenoxy) is 1. The van der Waals surface area contributed by atoms with Crippen molar-refractivity contribution < 1.29 is 14.3 Å². The molecular formula is C15H22N2O3S. The molecule has 0 atom stereocenters. The van der Waals surface area contributed by atoms with Crippen LogP contribution in [0.3, 0.4) is 0 Å². The number of hydrogen-bond acceptors (Lipinski definition) is 4. The summed E-state index contributed by atoms with van der Waals surface area (Å²) in [5, 5.41) is 4.80. The topological polar surface area (TPSA) is 67.4 Å². The minimum Gasteiger partial charge on any atom is -0.383 e. The SMILES string of the molecule is COCCNC(=O)NC(=O)CSc1ccc(C(C)C)cc1. The van der Waals surface area contributed by atoms with E-state index in [-0.39, 0.29) is 11.7 Å². The van der Waals surface area contributed by atoms with Crippen molar-refractivity contribution in [1.82, 2.24) is 10.6 Å². The van der Waals surface area contributed by atoms with Crippen LogP contribution in [0.25, 0.3) is 0 Å². The largest absolute Gasteiger partial charge is 0.383 e. The molecule has 2 N–H and O–H groups in total. The van der Waals surface area contributed by atoms with Crippen LogP contribution < -0.4 is 10.6 Å². The molecule has 0 aliphatic rings. The standard InChI is InChI=1S/C15H22N2O3S/c1-11(2)12-4-6-13(7-5-12)21-10-14(18)17-15(19)16-8-9-20-3/h4-7,11H,8-10H2,1-3H3,(H2,16,17,18,19). The third kappa shape index (κ3) is 7.15. The first-order chi connectivity index (χ1) is 10.0. The fraction of sp³-hybridized carbons (Fsp3) is 0.467. The van der Waals surface area contributed by atoms with Crippen LogP contribution in [0, 0.1) is 0 Å². The van der Waals surface area contributed by atoms with Crippen LogP contribution in [0.2, 0.25) is 0 Å². The summed E-state index contributed by atoms with van der Waals surface area (Å²) in [6.45, 7) is 5.06. The lowest BCUT2D eigenvalue weighted by atomic mass is 10.0. The van der Waals surface area contributed by atoms with Gasteiger partial charge in [-0.3, -0.25) is 10.1 Å². The minimum atomic E-state index is -0.493. The number of benzene rings is 1. The van der Waals surface area contributed by atoms with Crippen molar-refractivity contribution in [1.29, 1.82) is 0 Å². The van der Waals surface area contributed by atoms with E-state index in [1.54, 1.807) is 7.11 Å². The first-order valence-corrected chi connectivity index (χ1v) is 7.81. The van der Waals surface area contributed by atoms with E-state index in [1.165, 1.54) is 17.3 Å². The predicted octanol–water partition coefficient (Wildman–Crippen LogP) is 2.37. The van der Waals surface area contributed by atoms with Gasteiger partial charge in [0.1, 0.15) is 0 Å². The Morgan fingerprint density at radius 1 is 1.24 bits per heavy atom. The Morgan fingerprint density at radius 3 is 2.48 bits per heavy atom. The fourth-order valence-corrected chi connectivity index (χ4v) is 2.27. The maximum absolute atomic E-state index is 11.6. The first-order valence-electron chi connectivity index (χ1n) is 6.82. The molecule has 0 aromatic heterocycles. The number of imide groups is 1. The van der Waals surface area contributed by atoms with Crippen molar-refractivity contribution in [3.8, 4) is 0 Å². The smallest absolute Gasteiger partial charge is 0.321 e. The summed E-state index contributed by atoms with van der Waals surface area (Å²) in [7, 11) is 1.55. The number of amides is 3. The highest BCUT2D eigenvalue weighted by molar-refractivity contribution is 8.00. The molecule has 1 aromatic rings. The molecule has 5 nitrogen and oxygen atoms in total. The molecule has 1 rings (SSSR count). The molecule has 0 saturated heterocycles. The van der Waals surface area contributed by atoms with E-state index in [0.717, 1.165) is 4.90 Å². The zero-order valence-electron chi connectivity index (χ0n) is 12.6. The summed E-state index contributed by atoms with van der Waals surface area (Å²) in [4.78, 5) is 24.0. The molecule has 1 aromatic carbocycles. The van der Waals surface area contributed by atoms with Crippen LogP contribution in [0.1, 0.15) is 25.3 Å². The molecule has 0 saturated carbocycles. The molecule has 0 aliphatic heterocycles. The Kier molecular flexibility index (Phi) is 7.85. The Labute approximate surface area is 129 Å². The maximum Gasteiger partial charge on any atom is 0.321 e. The monoisotopic (exact) mass is 310 g/mol. The van der Waals surface area contributed by atoms with E-state index in [1.807, 2.05) is 12.1 Å². The average molecular weight is 310 g/mol. The number of nitrogens with one attached hydrogen (secondary N) is 2. The number of hydrogen-bond donors (Lipinski definition) is 2. The second-order valence-corrected chi connectivity index (χ2v) is 5.86. The molecule has 0 aliphatic carbocycles. The van der Waals surface area contributed by atoms with Gasteiger partial charge in [0, 0.05) is 18.6 Å². The van der Waals surface area contributed by atoms with Crippen LogP contribution in [0.5, 0.6) is 0 Å². The minimum absolute atomic E-state index is 0.207. The van der Waals surface area contributed by atoms with Gasteiger partial charge in [-0.1, -0.05) is 26.0 Å². The van der Waals surface area contributed by atoms with E-state index < -0.39 is 6.03 Å². The first kappa shape index (κ1) is 17.5. The molecule has 116 valence electrons. The third-order valence-electron chi connectivity index (χ3n) is 2.76. The van der Waals surface area contributed by atoms with Gasteiger partial charge < -0.3 is 10.1 Å². The summed E-state index contributed by atoms with van der Waals surface area (Å²) < 4.78 is 4.80. The highest BCUT2D eigenvalue weighted by Crippen LogP contribution is 2.21. The zero-order valence-corrected chi connectivity index (χ0v) is 13.5. The lowest BCUT2D eigenvalue weighted by Gasteiger charge is -2.07. The van der Waals surface area contributed by atoms with Gasteiger partial charge in [-0.2, -0.15) is 0 Å². The maximum atomic E-state index is 11.6. The second-order valence-electron chi connectivity index (χ2n) is 4.81. The molecule has 0 unspecified atom stereocenters. The molecule has 0 radical (unpaired) electrons. The molecule has 0 fully saturated rings. The molecule has 3 amide bonds. The van der Waals surface area contributed by atoms with Crippen LogP contribution in [0.4, 0.5) is 4.79 Å². The van der Waals surface area contributed by atoms with Crippen molar-refractivity contribution in [3.05, 3.63) is 29.8 Å². The lowest BCUT2D eigenvalue weighted by molar-refractivity contribution is -0.117. The quantitative estimate of drug-likeness (QED) is 0.599. The highest BCUT2D eigenvalue weighted by atomic mass is 32.2. The van der Waals surface area contributed by atoms with Crippen molar-refractivity contribution in [2.75, 3.05) is 26.0 Å². The van der Waals surface area contributed by atoms with E-state index in [4.69, 9.17) is 4.74 Å². The Bertz CT molecular complexity index is 460. The lowest BCUT2D eigenvalue weighted by Crippen LogP contribution is -2.41. The predicted molar refractivity (Wildman–Crippen MR) is 84.7 cm³/mol. The van der Waals surface area contributed by atoms with Gasteiger partial charge in [-0.05, 0) is 23.6 Å². The van der Waals surface area contributed by atoms with E-state index in [9.17, 15) is 9.59 Å². The van der Waals surface area contributed by atoms with Crippen LogP contribution >= 0.6 is 11.8 Å². The Balaban J connectivity index is 2.30. The summed E-state index contributed by atoms with van der Waals surface area (Å²) in [5.41, 5.74) is 1.27. The van der Waals surface area contributed by atoms with Crippen molar-refractivity contribution in [3.63, 3.8) is 0 Å². The van der Waals surface area contributed by atoms with Gasteiger partial charge in [-0.25, -0.2) is 4.79 Å². The van der Waals surface area contributed by atoms with Gasteiger partial charge in [-0.15, -0.1) is 11.8 Å². The van der Waals surface area contributed by atoms with Gasteiger partial charge >= 0.3 is 6.03 Å². The number of carbonyl (C=O) groups excluding carboxylic acids is 2. The molecule has 0 spiro atoms. The molecule has 21 heavy (non-hydrogen) atoms. The van der Waals surface area contributed by atoms with Crippen LogP contribution in [-0.4, -0.2) is 38.0 Å². The number of urea groups is 1. The molecule has 0 heterocycles. The van der Waals surface area contributed by atoms with Crippen LogP contribution in [0.15, 0.2) is 29.2 Å². The summed E-state index contributed by atoms with van der Waals surface area (Å²) >= 11 is 1.40. The van der Waals surface area contributed by atoms with E-state index in [2.05, 4.69) is 36.6 Å². The summed E-state index contributed by atoms with van der Waals surface area (Å²) in [6.07, 6.45) is 0. The number of rotatable bonds is 7. The van der Waals surface area contributed by atoms with Gasteiger partial charge in [0.15, 0.2) is 0 Å². The molecule has 6 heteroatoms. The Morgan fingerprint density at radius 2 is 1.90 bits per heavy atom. The van der Waals surface area contributed by atoms with Gasteiger partial charge in [0.25, 0.3) is 0 Å². The highest BCUT2D eigenvalue weighted by Gasteiger charge is 2.08. The summed E-state index contributed by atoms with van der Waals surface area (Å²) in [6, 6.07) is 7.61. The zero-order chi connectivity index (χ0) is 15.7. The van der Waals surface area contributed by atoms with Crippen molar-refractivity contribution in [2.24, 2.45) is 0 Å². The van der Waals surface area contributed by atoms with Gasteiger partial charge in [0.2, 0.25) is 5.91 Å². The number of carbonyl (C=O) groups is 2. The van der Waals surface area contributed by atoms with Gasteiger partial charge in [0.05, 0.1) is 12.4 Å². The number of thioether (sulfide) groups is 1. The van der Waals surface area contributed by atoms with Crippen molar-refractivity contribution >= 4 is 23.7 Å². The molecular weight excluding hydrogens is 288 g/mol. The van der Waals surface area contributed by atoms with E-state index >= 15 is 0 Å². The fourth-order valence-electron chi connectivity index (χ4n) is 1.57. The summed E-state index contributed by atoms with van der Waals surface area (Å²) in [5.74, 6) is 0.379. The van der Waals surface area contributed by atoms with Crippen LogP contribution in [-0.2, 0) is 9.53 Å². The van der Waals surface area contributed by atoms with E-state index in [0.29, 0.717) is 19.1 Å². The third-order valence-corrected chi connectivity index (χ3v) is 3.77. The average Bonchev–Trinajstić information content (AvgIpc) is 2.46.